The van der Waals surface area contributed by atoms with Crippen LogP contribution in [0, 0.1) is 0 Å². The molecule has 0 spiro atoms. The van der Waals surface area contributed by atoms with E-state index in [1.807, 2.05) is 13.8 Å². The Balaban J connectivity index is 0.00000400. The van der Waals surface area contributed by atoms with Crippen molar-refractivity contribution in [2.45, 2.75) is 37.3 Å². The Morgan fingerprint density at radius 3 is 2.48 bits per heavy atom. The van der Waals surface area contributed by atoms with Gasteiger partial charge in [-0.05, 0) is 12.8 Å². The van der Waals surface area contributed by atoms with Crippen LogP contribution >= 0.6 is 12.4 Å². The van der Waals surface area contributed by atoms with Crippen molar-refractivity contribution in [1.82, 2.24) is 4.72 Å². The summed E-state index contributed by atoms with van der Waals surface area (Å²) in [7, 11) is -2.64. The van der Waals surface area contributed by atoms with Crippen LogP contribution in [0.4, 0.5) is 0 Å². The number of nitrogens with two attached hydrogens (primary N) is 1. The van der Waals surface area contributed by atoms with Crippen molar-refractivity contribution in [2.75, 3.05) is 13.7 Å². The van der Waals surface area contributed by atoms with Crippen molar-refractivity contribution in [2.24, 2.45) is 5.73 Å². The van der Waals surface area contributed by atoms with E-state index in [1.165, 1.54) is 7.11 Å². The molecule has 0 aliphatic carbocycles. The average Bonchev–Trinajstić information content (AvgIpc) is 2.94. The highest BCUT2D eigenvalue weighted by molar-refractivity contribution is 7.89. The van der Waals surface area contributed by atoms with E-state index in [1.54, 1.807) is 0 Å². The molecule has 0 saturated heterocycles. The summed E-state index contributed by atoms with van der Waals surface area (Å²) < 4.78 is 35.8. The number of methoxy groups -OCH3 is 1. The van der Waals surface area contributed by atoms with E-state index in [0.29, 0.717) is 12.8 Å². The minimum Gasteiger partial charge on any atom is -0.465 e. The normalized spacial score (nSPS) is 11.8. The predicted octanol–water partition coefficient (Wildman–Crippen LogP) is 1.28. The van der Waals surface area contributed by atoms with Crippen LogP contribution in [-0.4, -0.2) is 33.6 Å². The molecule has 0 aliphatic rings. The van der Waals surface area contributed by atoms with Crippen molar-refractivity contribution in [1.29, 1.82) is 0 Å². The predicted molar refractivity (Wildman–Crippen MR) is 80.0 cm³/mol. The number of ether oxygens (including phenoxy) is 1. The summed E-state index contributed by atoms with van der Waals surface area (Å²) >= 11 is 0. The maximum atomic E-state index is 12.0. The van der Waals surface area contributed by atoms with Crippen molar-refractivity contribution in [3.8, 4) is 0 Å². The highest BCUT2D eigenvalue weighted by atomic mass is 35.5. The van der Waals surface area contributed by atoms with E-state index < -0.39 is 21.5 Å². The van der Waals surface area contributed by atoms with Gasteiger partial charge in [-0.15, -0.1) is 12.4 Å². The lowest BCUT2D eigenvalue weighted by Gasteiger charge is -2.26. The van der Waals surface area contributed by atoms with Gasteiger partial charge in [-0.3, -0.25) is 0 Å². The highest BCUT2D eigenvalue weighted by Crippen LogP contribution is 2.16. The number of hydrogen-bond acceptors (Lipinski definition) is 6. The van der Waals surface area contributed by atoms with Gasteiger partial charge < -0.3 is 14.9 Å². The fraction of sp³-hybridized carbons (Fsp3) is 0.583. The van der Waals surface area contributed by atoms with Crippen LogP contribution in [-0.2, 0) is 14.8 Å². The minimum absolute atomic E-state index is 0. The summed E-state index contributed by atoms with van der Waals surface area (Å²) in [6.07, 6.45) is 2.31. The molecular formula is C12H21ClN2O5S. The van der Waals surface area contributed by atoms with E-state index in [0.717, 1.165) is 12.3 Å². The quantitative estimate of drug-likeness (QED) is 0.723. The summed E-state index contributed by atoms with van der Waals surface area (Å²) in [5.41, 5.74) is 5.46. The summed E-state index contributed by atoms with van der Waals surface area (Å²) in [5, 5.41) is -0.340. The molecule has 0 saturated carbocycles. The van der Waals surface area contributed by atoms with E-state index >= 15 is 0 Å². The number of esters is 1. The van der Waals surface area contributed by atoms with Crippen molar-refractivity contribution in [3.05, 3.63) is 17.9 Å². The molecule has 1 rings (SSSR count). The Kier molecular flexibility index (Phi) is 7.38. The molecule has 0 bridgehead atoms. The van der Waals surface area contributed by atoms with Crippen LogP contribution in [0.1, 0.15) is 37.0 Å². The zero-order chi connectivity index (χ0) is 15.4. The third-order valence-corrected chi connectivity index (χ3v) is 4.55. The molecular weight excluding hydrogens is 320 g/mol. The van der Waals surface area contributed by atoms with Crippen LogP contribution in [0.25, 0.3) is 0 Å². The summed E-state index contributed by atoms with van der Waals surface area (Å²) in [6.45, 7) is 3.87. The van der Waals surface area contributed by atoms with Gasteiger partial charge in [0.2, 0.25) is 5.09 Å². The molecule has 0 amide bonds. The first-order valence-electron chi connectivity index (χ1n) is 6.23. The second kappa shape index (κ2) is 7.79. The van der Waals surface area contributed by atoms with Gasteiger partial charge in [0.25, 0.3) is 10.0 Å². The summed E-state index contributed by atoms with van der Waals surface area (Å²) in [4.78, 5) is 11.2. The molecule has 7 nitrogen and oxygen atoms in total. The molecule has 0 fully saturated rings. The van der Waals surface area contributed by atoms with Crippen LogP contribution < -0.4 is 10.5 Å². The molecule has 1 aromatic rings. The maximum absolute atomic E-state index is 12.0. The fourth-order valence-electron chi connectivity index (χ4n) is 1.49. The Labute approximate surface area is 130 Å². The van der Waals surface area contributed by atoms with E-state index in [2.05, 4.69) is 9.46 Å². The van der Waals surface area contributed by atoms with Crippen LogP contribution in [0.5, 0.6) is 0 Å². The smallest absolute Gasteiger partial charge is 0.341 e. The number of halogens is 1. The lowest BCUT2D eigenvalue weighted by molar-refractivity contribution is 0.0600. The van der Waals surface area contributed by atoms with Crippen LogP contribution in [0.15, 0.2) is 21.8 Å². The number of rotatable bonds is 7. The topological polar surface area (TPSA) is 112 Å². The first-order chi connectivity index (χ1) is 9.28. The number of sulfonamides is 1. The van der Waals surface area contributed by atoms with Gasteiger partial charge in [-0.25, -0.2) is 17.9 Å². The third kappa shape index (κ3) is 4.99. The molecule has 9 heteroatoms. The first-order valence-corrected chi connectivity index (χ1v) is 7.71. The van der Waals surface area contributed by atoms with Gasteiger partial charge in [0.15, 0.2) is 0 Å². The molecule has 122 valence electrons. The van der Waals surface area contributed by atoms with Crippen LogP contribution in [0.3, 0.4) is 0 Å². The number of furan rings is 1. The Morgan fingerprint density at radius 1 is 1.43 bits per heavy atom. The van der Waals surface area contributed by atoms with Gasteiger partial charge in [0.1, 0.15) is 6.26 Å². The van der Waals surface area contributed by atoms with Crippen LogP contribution in [0.2, 0.25) is 0 Å². The van der Waals surface area contributed by atoms with Gasteiger partial charge in [0, 0.05) is 18.2 Å². The number of nitrogens with one attached hydrogen (secondary N) is 1. The molecule has 0 aromatic carbocycles. The molecule has 1 aromatic heterocycles. The first kappa shape index (κ1) is 19.9. The number of carbonyl (C=O) groups excluding carboxylic acids is 1. The van der Waals surface area contributed by atoms with Crippen molar-refractivity contribution >= 4 is 28.4 Å². The molecule has 0 atom stereocenters. The van der Waals surface area contributed by atoms with E-state index in [-0.39, 0.29) is 29.6 Å². The molecule has 3 N–H and O–H groups in total. The summed E-state index contributed by atoms with van der Waals surface area (Å²) in [6, 6.07) is 1.12. The Hall–Kier alpha value is -1.09. The molecule has 1 heterocycles. The van der Waals surface area contributed by atoms with Gasteiger partial charge in [-0.1, -0.05) is 13.8 Å². The maximum Gasteiger partial charge on any atom is 0.341 e. The molecule has 0 radical (unpaired) electrons. The highest BCUT2D eigenvalue weighted by Gasteiger charge is 2.26. The van der Waals surface area contributed by atoms with Crippen molar-refractivity contribution in [3.63, 3.8) is 0 Å². The standard InChI is InChI=1S/C12H20N2O5S.ClH/c1-4-12(13,5-2)8-14-20(16,17)10-6-9(7-19-10)11(15)18-3;/h6-7,14H,4-5,8,13H2,1-3H3;1H. The van der Waals surface area contributed by atoms with E-state index in [9.17, 15) is 13.2 Å². The van der Waals surface area contributed by atoms with Gasteiger partial charge >= 0.3 is 5.97 Å². The lowest BCUT2D eigenvalue weighted by Crippen LogP contribution is -2.49. The second-order valence-corrected chi connectivity index (χ2v) is 6.24. The molecule has 21 heavy (non-hydrogen) atoms. The zero-order valence-corrected chi connectivity index (χ0v) is 13.8. The number of carbonyl (C=O) groups is 1. The average molecular weight is 341 g/mol. The SMILES string of the molecule is CCC(N)(CC)CNS(=O)(=O)c1cc(C(=O)OC)co1.Cl. The third-order valence-electron chi connectivity index (χ3n) is 3.28. The van der Waals surface area contributed by atoms with E-state index in [4.69, 9.17) is 10.2 Å². The number of hydrogen-bond donors (Lipinski definition) is 2. The molecule has 0 aliphatic heterocycles. The summed E-state index contributed by atoms with van der Waals surface area (Å²) in [5.74, 6) is -0.662. The van der Waals surface area contributed by atoms with Gasteiger partial charge in [0.05, 0.1) is 12.7 Å². The minimum atomic E-state index is -3.84. The monoisotopic (exact) mass is 340 g/mol. The van der Waals surface area contributed by atoms with Gasteiger partial charge in [-0.2, -0.15) is 0 Å². The molecule has 0 unspecified atom stereocenters. The second-order valence-electron chi connectivity index (χ2n) is 4.54. The lowest BCUT2D eigenvalue weighted by atomic mass is 9.95. The largest absolute Gasteiger partial charge is 0.465 e. The fourth-order valence-corrected chi connectivity index (χ4v) is 2.57. The Morgan fingerprint density at radius 2 is 2.00 bits per heavy atom. The zero-order valence-electron chi connectivity index (χ0n) is 12.2. The van der Waals surface area contributed by atoms with Crippen molar-refractivity contribution < 1.29 is 22.4 Å². The Bertz CT molecular complexity index is 566.